The van der Waals surface area contributed by atoms with Crippen LogP contribution >= 0.6 is 0 Å². The third-order valence-electron chi connectivity index (χ3n) is 3.00. The zero-order chi connectivity index (χ0) is 14.3. The van der Waals surface area contributed by atoms with Gasteiger partial charge in [-0.2, -0.15) is 0 Å². The molecular weight excluding hydrogens is 242 g/mol. The zero-order valence-corrected chi connectivity index (χ0v) is 11.9. The van der Waals surface area contributed by atoms with E-state index in [1.165, 1.54) is 5.56 Å². The van der Waals surface area contributed by atoms with Crippen molar-refractivity contribution in [2.24, 2.45) is 5.92 Å². The molecule has 0 aliphatic heterocycles. The molecule has 0 fully saturated rings. The van der Waals surface area contributed by atoms with Crippen molar-refractivity contribution in [3.8, 4) is 5.75 Å². The van der Waals surface area contributed by atoms with Crippen LogP contribution in [-0.2, 0) is 11.2 Å². The lowest BCUT2D eigenvalue weighted by Crippen LogP contribution is -2.27. The number of nitrogens with one attached hydrogen (secondary N) is 1. The van der Waals surface area contributed by atoms with Gasteiger partial charge in [-0.1, -0.05) is 19.1 Å². The molecule has 2 N–H and O–H groups in total. The molecule has 4 nitrogen and oxygen atoms in total. The molecule has 1 aromatic carbocycles. The summed E-state index contributed by atoms with van der Waals surface area (Å²) >= 11 is 0. The van der Waals surface area contributed by atoms with Crippen LogP contribution < -0.4 is 10.1 Å². The van der Waals surface area contributed by atoms with Gasteiger partial charge in [0, 0.05) is 6.54 Å². The maximum absolute atomic E-state index is 10.7. The highest BCUT2D eigenvalue weighted by molar-refractivity contribution is 5.69. The van der Waals surface area contributed by atoms with Gasteiger partial charge in [0.1, 0.15) is 5.75 Å². The average molecular weight is 265 g/mol. The van der Waals surface area contributed by atoms with Gasteiger partial charge in [-0.05, 0) is 44.0 Å². The molecule has 1 aromatic rings. The van der Waals surface area contributed by atoms with E-state index in [9.17, 15) is 4.79 Å². The van der Waals surface area contributed by atoms with Crippen molar-refractivity contribution in [1.29, 1.82) is 0 Å². The minimum Gasteiger partial charge on any atom is -0.494 e. The summed E-state index contributed by atoms with van der Waals surface area (Å²) in [6, 6.07) is 6.17. The third-order valence-corrected chi connectivity index (χ3v) is 3.00. The average Bonchev–Trinajstić information content (AvgIpc) is 2.37. The van der Waals surface area contributed by atoms with E-state index in [1.54, 1.807) is 6.92 Å². The molecule has 0 bridgehead atoms. The quantitative estimate of drug-likeness (QED) is 0.708. The van der Waals surface area contributed by atoms with Gasteiger partial charge in [-0.15, -0.1) is 0 Å². The highest BCUT2D eigenvalue weighted by Crippen LogP contribution is 2.19. The molecule has 106 valence electrons. The summed E-state index contributed by atoms with van der Waals surface area (Å²) in [6.07, 6.45) is 0.888. The number of rotatable bonds is 8. The molecule has 0 saturated heterocycles. The molecule has 1 atom stereocenters. The van der Waals surface area contributed by atoms with Crippen molar-refractivity contribution in [2.75, 3.05) is 19.7 Å². The van der Waals surface area contributed by atoms with Crippen molar-refractivity contribution in [1.82, 2.24) is 5.32 Å². The third kappa shape index (κ3) is 5.30. The van der Waals surface area contributed by atoms with Crippen molar-refractivity contribution in [2.45, 2.75) is 27.2 Å². The molecule has 0 amide bonds. The van der Waals surface area contributed by atoms with Crippen molar-refractivity contribution in [3.63, 3.8) is 0 Å². The first-order valence-corrected chi connectivity index (χ1v) is 6.70. The Morgan fingerprint density at radius 3 is 2.79 bits per heavy atom. The maximum Gasteiger partial charge on any atom is 0.307 e. The second-order valence-electron chi connectivity index (χ2n) is 4.73. The number of carboxylic acid groups (broad SMARTS) is 1. The Morgan fingerprint density at radius 2 is 2.21 bits per heavy atom. The summed E-state index contributed by atoms with van der Waals surface area (Å²) in [6.45, 7) is 7.68. The first-order valence-electron chi connectivity index (χ1n) is 6.70. The molecular formula is C15H23NO3. The number of benzene rings is 1. The Bertz CT molecular complexity index is 418. The minimum absolute atomic E-state index is 0.345. The predicted molar refractivity (Wildman–Crippen MR) is 75.7 cm³/mol. The Kier molecular flexibility index (Phi) is 6.36. The molecule has 1 unspecified atom stereocenters. The van der Waals surface area contributed by atoms with E-state index in [2.05, 4.69) is 17.4 Å². The van der Waals surface area contributed by atoms with E-state index >= 15 is 0 Å². The maximum atomic E-state index is 10.7. The summed E-state index contributed by atoms with van der Waals surface area (Å²) in [7, 11) is 0. The van der Waals surface area contributed by atoms with Gasteiger partial charge in [0.2, 0.25) is 0 Å². The fraction of sp³-hybridized carbons (Fsp3) is 0.533. The lowest BCUT2D eigenvalue weighted by Gasteiger charge is -2.10. The van der Waals surface area contributed by atoms with Gasteiger partial charge in [0.05, 0.1) is 12.5 Å². The lowest BCUT2D eigenvalue weighted by molar-refractivity contribution is -0.140. The Balaban J connectivity index is 2.37. The highest BCUT2D eigenvalue weighted by Gasteiger charge is 2.09. The number of ether oxygens (including phenoxy) is 1. The van der Waals surface area contributed by atoms with E-state index in [4.69, 9.17) is 9.84 Å². The first kappa shape index (κ1) is 15.5. The summed E-state index contributed by atoms with van der Waals surface area (Å²) in [5.74, 6) is -0.176. The van der Waals surface area contributed by atoms with Crippen LogP contribution in [0.5, 0.6) is 5.75 Å². The molecule has 0 spiro atoms. The fourth-order valence-electron chi connectivity index (χ4n) is 1.82. The number of aryl methyl sites for hydroxylation is 1. The summed E-state index contributed by atoms with van der Waals surface area (Å²) in [5.41, 5.74) is 2.37. The van der Waals surface area contributed by atoms with E-state index in [0.717, 1.165) is 24.3 Å². The smallest absolute Gasteiger partial charge is 0.307 e. The Hall–Kier alpha value is -1.55. The number of hydrogen-bond donors (Lipinski definition) is 2. The number of aliphatic carboxylic acids is 1. The largest absolute Gasteiger partial charge is 0.494 e. The van der Waals surface area contributed by atoms with Crippen LogP contribution in [0.1, 0.15) is 25.0 Å². The fourth-order valence-corrected chi connectivity index (χ4v) is 1.82. The lowest BCUT2D eigenvalue weighted by atomic mass is 10.1. The van der Waals surface area contributed by atoms with Crippen molar-refractivity contribution in [3.05, 3.63) is 29.3 Å². The Morgan fingerprint density at radius 1 is 1.47 bits per heavy atom. The number of carbonyl (C=O) groups is 1. The first-order chi connectivity index (χ1) is 9.04. The van der Waals surface area contributed by atoms with Gasteiger partial charge >= 0.3 is 5.97 Å². The topological polar surface area (TPSA) is 58.6 Å². The SMILES string of the molecule is CCOc1ccc(CCNCC(C)C(=O)O)cc1C. The van der Waals surface area contributed by atoms with Crippen LogP contribution in [0.15, 0.2) is 18.2 Å². The zero-order valence-electron chi connectivity index (χ0n) is 11.9. The van der Waals surface area contributed by atoms with Crippen LogP contribution in [0, 0.1) is 12.8 Å². The van der Waals surface area contributed by atoms with Crippen LogP contribution in [0.3, 0.4) is 0 Å². The molecule has 0 aliphatic rings. The summed E-state index contributed by atoms with van der Waals surface area (Å²) < 4.78 is 5.49. The van der Waals surface area contributed by atoms with E-state index in [0.29, 0.717) is 13.2 Å². The van der Waals surface area contributed by atoms with Crippen LogP contribution in [0.2, 0.25) is 0 Å². The van der Waals surface area contributed by atoms with Crippen molar-refractivity contribution >= 4 is 5.97 Å². The van der Waals surface area contributed by atoms with Gasteiger partial charge in [-0.25, -0.2) is 0 Å². The van der Waals surface area contributed by atoms with Gasteiger partial charge < -0.3 is 15.2 Å². The normalized spacial score (nSPS) is 12.2. The van der Waals surface area contributed by atoms with Gasteiger partial charge in [-0.3, -0.25) is 4.79 Å². The van der Waals surface area contributed by atoms with E-state index in [1.807, 2.05) is 19.9 Å². The molecule has 19 heavy (non-hydrogen) atoms. The number of carboxylic acids is 1. The predicted octanol–water partition coefficient (Wildman–Crippen LogP) is 2.25. The molecule has 0 aliphatic carbocycles. The molecule has 0 saturated carbocycles. The monoisotopic (exact) mass is 265 g/mol. The van der Waals surface area contributed by atoms with Crippen molar-refractivity contribution < 1.29 is 14.6 Å². The molecule has 4 heteroatoms. The highest BCUT2D eigenvalue weighted by atomic mass is 16.5. The summed E-state index contributed by atoms with van der Waals surface area (Å²) in [4.78, 5) is 10.7. The van der Waals surface area contributed by atoms with Gasteiger partial charge in [0.15, 0.2) is 0 Å². The van der Waals surface area contributed by atoms with E-state index < -0.39 is 5.97 Å². The standard InChI is InChI=1S/C15H23NO3/c1-4-19-14-6-5-13(9-11(14)2)7-8-16-10-12(3)15(17)18/h5-6,9,12,16H,4,7-8,10H2,1-3H3,(H,17,18). The summed E-state index contributed by atoms with van der Waals surface area (Å²) in [5, 5.41) is 11.9. The molecule has 1 rings (SSSR count). The second-order valence-corrected chi connectivity index (χ2v) is 4.73. The number of hydrogen-bond acceptors (Lipinski definition) is 3. The molecule has 0 radical (unpaired) electrons. The molecule has 0 heterocycles. The van der Waals surface area contributed by atoms with Crippen LogP contribution in [-0.4, -0.2) is 30.8 Å². The van der Waals surface area contributed by atoms with E-state index in [-0.39, 0.29) is 5.92 Å². The van der Waals surface area contributed by atoms with Crippen LogP contribution in [0.25, 0.3) is 0 Å². The molecule has 0 aromatic heterocycles. The van der Waals surface area contributed by atoms with Gasteiger partial charge in [0.25, 0.3) is 0 Å². The minimum atomic E-state index is -0.760. The second kappa shape index (κ2) is 7.79. The van der Waals surface area contributed by atoms with Crippen LogP contribution in [0.4, 0.5) is 0 Å². The Labute approximate surface area is 114 Å².